The lowest BCUT2D eigenvalue weighted by atomic mass is 10.1. The van der Waals surface area contributed by atoms with E-state index in [0.717, 1.165) is 25.1 Å². The maximum Gasteiger partial charge on any atom is 0.323 e. The van der Waals surface area contributed by atoms with Crippen molar-refractivity contribution < 1.29 is 9.59 Å². The molecular formula is C20H26N4O2. The summed E-state index contributed by atoms with van der Waals surface area (Å²) in [6, 6.07) is 14.1. The highest BCUT2D eigenvalue weighted by atomic mass is 16.2. The molecule has 0 heterocycles. The van der Waals surface area contributed by atoms with Gasteiger partial charge in [-0.1, -0.05) is 31.2 Å². The Morgan fingerprint density at radius 2 is 1.69 bits per heavy atom. The number of nitrogens with one attached hydrogen (secondary N) is 4. The number of benzene rings is 2. The lowest BCUT2D eigenvalue weighted by Crippen LogP contribution is -2.32. The molecule has 26 heavy (non-hydrogen) atoms. The van der Waals surface area contributed by atoms with Crippen molar-refractivity contribution in [3.05, 3.63) is 59.7 Å². The van der Waals surface area contributed by atoms with Gasteiger partial charge in [0.15, 0.2) is 0 Å². The predicted molar refractivity (Wildman–Crippen MR) is 106 cm³/mol. The van der Waals surface area contributed by atoms with Crippen LogP contribution in [0.5, 0.6) is 0 Å². The van der Waals surface area contributed by atoms with Gasteiger partial charge in [-0.05, 0) is 49.7 Å². The van der Waals surface area contributed by atoms with Crippen LogP contribution in [-0.2, 0) is 0 Å². The third-order valence-corrected chi connectivity index (χ3v) is 3.79. The topological polar surface area (TPSA) is 82.3 Å². The van der Waals surface area contributed by atoms with E-state index in [0.29, 0.717) is 23.5 Å². The number of hydrogen-bond donors (Lipinski definition) is 4. The number of aryl methyl sites for hydroxylation is 1. The van der Waals surface area contributed by atoms with Gasteiger partial charge in [-0.2, -0.15) is 0 Å². The second-order valence-electron chi connectivity index (χ2n) is 5.98. The number of urea groups is 1. The normalized spacial score (nSPS) is 10.2. The zero-order chi connectivity index (χ0) is 18.8. The Bertz CT molecular complexity index is 732. The van der Waals surface area contributed by atoms with E-state index in [1.54, 1.807) is 12.1 Å². The minimum absolute atomic E-state index is 0.158. The van der Waals surface area contributed by atoms with Gasteiger partial charge in [-0.3, -0.25) is 4.79 Å². The van der Waals surface area contributed by atoms with Crippen LogP contribution in [0.1, 0.15) is 29.3 Å². The van der Waals surface area contributed by atoms with Gasteiger partial charge in [0, 0.05) is 30.0 Å². The van der Waals surface area contributed by atoms with Gasteiger partial charge >= 0.3 is 6.03 Å². The summed E-state index contributed by atoms with van der Waals surface area (Å²) in [5.41, 5.74) is 2.71. The molecule has 2 aromatic rings. The predicted octanol–water partition coefficient (Wildman–Crippen LogP) is 3.37. The van der Waals surface area contributed by atoms with Crippen LogP contribution in [0.15, 0.2) is 48.5 Å². The van der Waals surface area contributed by atoms with Crippen molar-refractivity contribution in [2.75, 3.05) is 30.3 Å². The molecule has 0 aliphatic rings. The molecule has 0 atom stereocenters. The number of carbonyl (C=O) groups is 2. The lowest BCUT2D eigenvalue weighted by molar-refractivity contribution is 0.0954. The molecule has 0 saturated heterocycles. The van der Waals surface area contributed by atoms with Gasteiger partial charge < -0.3 is 21.3 Å². The van der Waals surface area contributed by atoms with E-state index in [1.807, 2.05) is 43.3 Å². The highest BCUT2D eigenvalue weighted by Gasteiger charge is 2.10. The maximum absolute atomic E-state index is 12.3. The van der Waals surface area contributed by atoms with Crippen LogP contribution < -0.4 is 21.3 Å². The molecule has 0 aliphatic carbocycles. The molecule has 6 heteroatoms. The van der Waals surface area contributed by atoms with Gasteiger partial charge in [0.1, 0.15) is 0 Å². The third-order valence-electron chi connectivity index (χ3n) is 3.79. The SMILES string of the molecule is CCCNCCNC(=O)c1ccc(C)c(NC(=O)Nc2ccccc2)c1. The van der Waals surface area contributed by atoms with Crippen molar-refractivity contribution in [1.82, 2.24) is 10.6 Å². The van der Waals surface area contributed by atoms with Crippen molar-refractivity contribution in [3.8, 4) is 0 Å². The average molecular weight is 354 g/mol. The van der Waals surface area contributed by atoms with Crippen LogP contribution in [0.25, 0.3) is 0 Å². The van der Waals surface area contributed by atoms with Crippen LogP contribution in [0, 0.1) is 6.92 Å². The van der Waals surface area contributed by atoms with Gasteiger partial charge in [0.2, 0.25) is 0 Å². The highest BCUT2D eigenvalue weighted by molar-refractivity contribution is 6.02. The summed E-state index contributed by atoms with van der Waals surface area (Å²) in [6.07, 6.45) is 1.06. The molecule has 0 unspecified atom stereocenters. The van der Waals surface area contributed by atoms with Crippen LogP contribution in [0.4, 0.5) is 16.2 Å². The molecule has 3 amide bonds. The van der Waals surface area contributed by atoms with Crippen molar-refractivity contribution in [1.29, 1.82) is 0 Å². The first-order chi connectivity index (χ1) is 12.6. The van der Waals surface area contributed by atoms with E-state index in [9.17, 15) is 9.59 Å². The fraction of sp³-hybridized carbons (Fsp3) is 0.300. The molecule has 0 aliphatic heterocycles. The van der Waals surface area contributed by atoms with E-state index < -0.39 is 0 Å². The Kier molecular flexibility index (Phi) is 7.64. The van der Waals surface area contributed by atoms with E-state index in [4.69, 9.17) is 0 Å². The van der Waals surface area contributed by atoms with Crippen LogP contribution in [0.3, 0.4) is 0 Å². The number of anilines is 2. The lowest BCUT2D eigenvalue weighted by Gasteiger charge is -2.12. The largest absolute Gasteiger partial charge is 0.351 e. The van der Waals surface area contributed by atoms with E-state index >= 15 is 0 Å². The Hall–Kier alpha value is -2.86. The molecule has 0 radical (unpaired) electrons. The number of rotatable bonds is 8. The first-order valence-corrected chi connectivity index (χ1v) is 8.82. The first-order valence-electron chi connectivity index (χ1n) is 8.82. The summed E-state index contributed by atoms with van der Waals surface area (Å²) >= 11 is 0. The van der Waals surface area contributed by atoms with Crippen molar-refractivity contribution in [2.24, 2.45) is 0 Å². The van der Waals surface area contributed by atoms with E-state index in [2.05, 4.69) is 28.2 Å². The van der Waals surface area contributed by atoms with E-state index in [1.165, 1.54) is 0 Å². The summed E-state index contributed by atoms with van der Waals surface area (Å²) in [6.45, 7) is 6.21. The molecule has 0 saturated carbocycles. The van der Waals surface area contributed by atoms with Crippen molar-refractivity contribution in [3.63, 3.8) is 0 Å². The number of amides is 3. The number of hydrogen-bond acceptors (Lipinski definition) is 3. The fourth-order valence-corrected chi connectivity index (χ4v) is 2.37. The zero-order valence-corrected chi connectivity index (χ0v) is 15.3. The summed E-state index contributed by atoms with van der Waals surface area (Å²) in [5, 5.41) is 11.7. The van der Waals surface area contributed by atoms with Crippen molar-refractivity contribution >= 4 is 23.3 Å². The molecule has 0 spiro atoms. The summed E-state index contributed by atoms with van der Waals surface area (Å²) in [4.78, 5) is 24.4. The molecule has 0 aromatic heterocycles. The van der Waals surface area contributed by atoms with Crippen LogP contribution >= 0.6 is 0 Å². The Morgan fingerprint density at radius 3 is 2.42 bits per heavy atom. The summed E-state index contributed by atoms with van der Waals surface area (Å²) in [5.74, 6) is -0.158. The van der Waals surface area contributed by atoms with Crippen LogP contribution in [0.2, 0.25) is 0 Å². The molecular weight excluding hydrogens is 328 g/mol. The average Bonchev–Trinajstić information content (AvgIpc) is 2.64. The molecule has 0 fully saturated rings. The van der Waals surface area contributed by atoms with Gasteiger partial charge in [-0.15, -0.1) is 0 Å². The van der Waals surface area contributed by atoms with Gasteiger partial charge in [0.25, 0.3) is 5.91 Å². The van der Waals surface area contributed by atoms with Gasteiger partial charge in [-0.25, -0.2) is 4.79 Å². The fourth-order valence-electron chi connectivity index (χ4n) is 2.37. The first kappa shape index (κ1) is 19.5. The molecule has 0 bridgehead atoms. The third kappa shape index (κ3) is 6.22. The quantitative estimate of drug-likeness (QED) is 0.549. The molecule has 4 N–H and O–H groups in total. The van der Waals surface area contributed by atoms with Crippen molar-refractivity contribution in [2.45, 2.75) is 20.3 Å². The number of para-hydroxylation sites is 1. The smallest absolute Gasteiger partial charge is 0.323 e. The summed E-state index contributed by atoms with van der Waals surface area (Å²) in [7, 11) is 0. The zero-order valence-electron chi connectivity index (χ0n) is 15.3. The molecule has 6 nitrogen and oxygen atoms in total. The maximum atomic E-state index is 12.3. The molecule has 2 rings (SSSR count). The standard InChI is InChI=1S/C20H26N4O2/c1-3-11-21-12-13-22-19(25)16-10-9-15(2)18(14-16)24-20(26)23-17-7-5-4-6-8-17/h4-10,14,21H,3,11-13H2,1-2H3,(H,22,25)(H2,23,24,26). The van der Waals surface area contributed by atoms with E-state index in [-0.39, 0.29) is 11.9 Å². The summed E-state index contributed by atoms with van der Waals surface area (Å²) < 4.78 is 0. The second-order valence-corrected chi connectivity index (χ2v) is 5.98. The Morgan fingerprint density at radius 1 is 0.923 bits per heavy atom. The minimum atomic E-state index is -0.347. The second kappa shape index (κ2) is 10.2. The minimum Gasteiger partial charge on any atom is -0.351 e. The molecule has 2 aromatic carbocycles. The highest BCUT2D eigenvalue weighted by Crippen LogP contribution is 2.17. The van der Waals surface area contributed by atoms with Crippen LogP contribution in [-0.4, -0.2) is 31.6 Å². The Balaban J connectivity index is 1.93. The monoisotopic (exact) mass is 354 g/mol. The molecule has 138 valence electrons. The van der Waals surface area contributed by atoms with Gasteiger partial charge in [0.05, 0.1) is 0 Å². The Labute approximate surface area is 154 Å². The number of carbonyl (C=O) groups excluding carboxylic acids is 2.